The molecule has 2 aliphatic rings. The fourth-order valence-electron chi connectivity index (χ4n) is 3.11. The number of hydrogen-bond acceptors (Lipinski definition) is 3. The summed E-state index contributed by atoms with van der Waals surface area (Å²) in [7, 11) is 1.68. The van der Waals surface area contributed by atoms with Gasteiger partial charge in [-0.2, -0.15) is 0 Å². The Kier molecular flexibility index (Phi) is 3.66. The second-order valence-electron chi connectivity index (χ2n) is 5.68. The molecule has 0 spiro atoms. The van der Waals surface area contributed by atoms with Crippen molar-refractivity contribution in [1.82, 2.24) is 10.2 Å². The zero-order valence-electron chi connectivity index (χ0n) is 12.0. The van der Waals surface area contributed by atoms with Crippen LogP contribution in [0.25, 0.3) is 0 Å². The summed E-state index contributed by atoms with van der Waals surface area (Å²) in [5.41, 5.74) is 0.737. The lowest BCUT2D eigenvalue weighted by molar-refractivity contribution is -0.133. The molecule has 3 rings (SSSR count). The van der Waals surface area contributed by atoms with E-state index >= 15 is 0 Å². The van der Waals surface area contributed by atoms with Crippen molar-refractivity contribution in [2.24, 2.45) is 0 Å². The molecule has 4 nitrogen and oxygen atoms in total. The van der Waals surface area contributed by atoms with Crippen molar-refractivity contribution >= 4 is 5.91 Å². The van der Waals surface area contributed by atoms with Crippen molar-refractivity contribution in [3.05, 3.63) is 29.8 Å². The van der Waals surface area contributed by atoms with Crippen LogP contribution >= 0.6 is 0 Å². The Morgan fingerprint density at radius 2 is 2.05 bits per heavy atom. The van der Waals surface area contributed by atoms with Crippen LogP contribution in [0.15, 0.2) is 24.3 Å². The lowest BCUT2D eigenvalue weighted by Crippen LogP contribution is -2.41. The fourth-order valence-corrected chi connectivity index (χ4v) is 3.11. The number of nitrogens with one attached hydrogen (secondary N) is 1. The molecule has 0 radical (unpaired) electrons. The number of amides is 1. The van der Waals surface area contributed by atoms with Crippen molar-refractivity contribution in [2.45, 2.75) is 24.7 Å². The number of hydrogen-bond donors (Lipinski definition) is 1. The standard InChI is InChI=1S/C16H22N2O2/c1-20-14-6-3-2-5-13(14)16(7-8-16)15(19)18-11-4-9-17-10-12-18/h2-3,5-6,17H,4,7-12H2,1H3. The van der Waals surface area contributed by atoms with Gasteiger partial charge in [0.05, 0.1) is 12.5 Å². The summed E-state index contributed by atoms with van der Waals surface area (Å²) in [6.07, 6.45) is 2.92. The summed E-state index contributed by atoms with van der Waals surface area (Å²) in [4.78, 5) is 15.0. The van der Waals surface area contributed by atoms with E-state index in [2.05, 4.69) is 5.32 Å². The summed E-state index contributed by atoms with van der Waals surface area (Å²) in [6.45, 7) is 3.58. The van der Waals surface area contributed by atoms with Crippen molar-refractivity contribution in [2.75, 3.05) is 33.3 Å². The van der Waals surface area contributed by atoms with E-state index in [4.69, 9.17) is 4.74 Å². The highest BCUT2D eigenvalue weighted by atomic mass is 16.5. The third-order valence-electron chi connectivity index (χ3n) is 4.41. The van der Waals surface area contributed by atoms with Crippen LogP contribution in [-0.4, -0.2) is 44.1 Å². The molecule has 4 heteroatoms. The number of benzene rings is 1. The molecule has 1 aromatic carbocycles. The van der Waals surface area contributed by atoms with Crippen molar-refractivity contribution < 1.29 is 9.53 Å². The van der Waals surface area contributed by atoms with Crippen molar-refractivity contribution in [3.8, 4) is 5.75 Å². The van der Waals surface area contributed by atoms with Gasteiger partial charge in [0.2, 0.25) is 5.91 Å². The van der Waals surface area contributed by atoms with Gasteiger partial charge in [-0.15, -0.1) is 0 Å². The van der Waals surface area contributed by atoms with Crippen LogP contribution in [0.1, 0.15) is 24.8 Å². The summed E-state index contributed by atoms with van der Waals surface area (Å²) < 4.78 is 5.45. The van der Waals surface area contributed by atoms with Crippen LogP contribution in [0.3, 0.4) is 0 Å². The first-order valence-corrected chi connectivity index (χ1v) is 7.41. The van der Waals surface area contributed by atoms with Crippen LogP contribution in [0.4, 0.5) is 0 Å². The maximum absolute atomic E-state index is 12.9. The predicted octanol–water partition coefficient (Wildman–Crippen LogP) is 1.55. The van der Waals surface area contributed by atoms with Gasteiger partial charge in [0.15, 0.2) is 0 Å². The first-order valence-electron chi connectivity index (χ1n) is 7.41. The van der Waals surface area contributed by atoms with Gasteiger partial charge in [-0.05, 0) is 31.9 Å². The zero-order chi connectivity index (χ0) is 14.0. The quantitative estimate of drug-likeness (QED) is 0.909. The van der Waals surface area contributed by atoms with E-state index in [1.165, 1.54) is 0 Å². The predicted molar refractivity (Wildman–Crippen MR) is 78.0 cm³/mol. The Morgan fingerprint density at radius 1 is 1.25 bits per heavy atom. The van der Waals surface area contributed by atoms with Gasteiger partial charge >= 0.3 is 0 Å². The summed E-state index contributed by atoms with van der Waals surface area (Å²) in [5, 5.41) is 3.35. The van der Waals surface area contributed by atoms with E-state index in [0.29, 0.717) is 0 Å². The SMILES string of the molecule is COc1ccccc1C1(C(=O)N2CCCNCC2)CC1. The highest BCUT2D eigenvalue weighted by Crippen LogP contribution is 2.52. The van der Waals surface area contributed by atoms with Crippen LogP contribution in [0.5, 0.6) is 5.75 Å². The van der Waals surface area contributed by atoms with Crippen LogP contribution in [0, 0.1) is 0 Å². The lowest BCUT2D eigenvalue weighted by Gasteiger charge is -2.27. The fraction of sp³-hybridized carbons (Fsp3) is 0.562. The number of methoxy groups -OCH3 is 1. The second kappa shape index (κ2) is 5.44. The second-order valence-corrected chi connectivity index (χ2v) is 5.68. The third kappa shape index (κ3) is 2.29. The van der Waals surface area contributed by atoms with E-state index in [1.807, 2.05) is 29.2 Å². The Bertz CT molecular complexity index is 489. The number of ether oxygens (including phenoxy) is 1. The topological polar surface area (TPSA) is 41.6 Å². The summed E-state index contributed by atoms with van der Waals surface area (Å²) >= 11 is 0. The van der Waals surface area contributed by atoms with Gasteiger partial charge in [-0.3, -0.25) is 4.79 Å². The number of carbonyl (C=O) groups is 1. The largest absolute Gasteiger partial charge is 0.496 e. The molecule has 0 atom stereocenters. The highest BCUT2D eigenvalue weighted by molar-refractivity contribution is 5.92. The van der Waals surface area contributed by atoms with Gasteiger partial charge < -0.3 is 15.0 Å². The molecule has 1 N–H and O–H groups in total. The number of carbonyl (C=O) groups excluding carboxylic acids is 1. The maximum Gasteiger partial charge on any atom is 0.233 e. The van der Waals surface area contributed by atoms with Gasteiger partial charge in [0.1, 0.15) is 5.75 Å². The Balaban J connectivity index is 1.86. The molecule has 108 valence electrons. The molecule has 1 saturated carbocycles. The monoisotopic (exact) mass is 274 g/mol. The zero-order valence-corrected chi connectivity index (χ0v) is 12.0. The molecule has 1 amide bonds. The van der Waals surface area contributed by atoms with Gasteiger partial charge in [-0.25, -0.2) is 0 Å². The molecule has 1 heterocycles. The molecule has 0 aromatic heterocycles. The van der Waals surface area contributed by atoms with Crippen molar-refractivity contribution in [1.29, 1.82) is 0 Å². The molecular weight excluding hydrogens is 252 g/mol. The van der Waals surface area contributed by atoms with E-state index in [9.17, 15) is 4.79 Å². The number of nitrogens with zero attached hydrogens (tertiary/aromatic N) is 1. The van der Waals surface area contributed by atoms with E-state index < -0.39 is 0 Å². The minimum Gasteiger partial charge on any atom is -0.496 e. The average Bonchev–Trinajstić information content (AvgIpc) is 3.31. The van der Waals surface area contributed by atoms with Crippen LogP contribution < -0.4 is 10.1 Å². The van der Waals surface area contributed by atoms with Gasteiger partial charge in [0.25, 0.3) is 0 Å². The van der Waals surface area contributed by atoms with Crippen LogP contribution in [0.2, 0.25) is 0 Å². The van der Waals surface area contributed by atoms with Crippen molar-refractivity contribution in [3.63, 3.8) is 0 Å². The lowest BCUT2D eigenvalue weighted by atomic mass is 9.93. The molecule has 20 heavy (non-hydrogen) atoms. The van der Waals surface area contributed by atoms with Gasteiger partial charge in [0, 0.05) is 25.2 Å². The molecule has 2 fully saturated rings. The third-order valence-corrected chi connectivity index (χ3v) is 4.41. The average molecular weight is 274 g/mol. The number of para-hydroxylation sites is 1. The normalized spacial score (nSPS) is 21.1. The molecular formula is C16H22N2O2. The van der Waals surface area contributed by atoms with Crippen LogP contribution in [-0.2, 0) is 10.2 Å². The molecule has 1 aliphatic carbocycles. The Hall–Kier alpha value is -1.55. The molecule has 1 aromatic rings. The first-order chi connectivity index (χ1) is 9.78. The molecule has 0 bridgehead atoms. The van der Waals surface area contributed by atoms with E-state index in [0.717, 1.165) is 56.8 Å². The Morgan fingerprint density at radius 3 is 2.80 bits per heavy atom. The minimum absolute atomic E-state index is 0.283. The van der Waals surface area contributed by atoms with E-state index in [-0.39, 0.29) is 11.3 Å². The maximum atomic E-state index is 12.9. The summed E-state index contributed by atoms with van der Waals surface area (Å²) in [6, 6.07) is 7.94. The smallest absolute Gasteiger partial charge is 0.233 e. The first kappa shape index (κ1) is 13.4. The molecule has 0 unspecified atom stereocenters. The van der Waals surface area contributed by atoms with Gasteiger partial charge in [-0.1, -0.05) is 18.2 Å². The minimum atomic E-state index is -0.322. The highest BCUT2D eigenvalue weighted by Gasteiger charge is 2.54. The Labute approximate surface area is 120 Å². The number of rotatable bonds is 3. The summed E-state index contributed by atoms with van der Waals surface area (Å²) in [5.74, 6) is 1.12. The molecule has 1 saturated heterocycles. The van der Waals surface area contributed by atoms with E-state index in [1.54, 1.807) is 7.11 Å². The molecule has 1 aliphatic heterocycles.